The largest absolute Gasteiger partial charge is 0.495 e. The molecule has 1 amide bonds. The lowest BCUT2D eigenvalue weighted by atomic mass is 10.1. The van der Waals surface area contributed by atoms with Crippen LogP contribution in [0.25, 0.3) is 5.69 Å². The number of methoxy groups -OCH3 is 1. The molecule has 0 radical (unpaired) electrons. The number of benzene rings is 3. The highest BCUT2D eigenvalue weighted by atomic mass is 35.5. The Balaban J connectivity index is 1.64. The molecule has 1 heterocycles. The van der Waals surface area contributed by atoms with Gasteiger partial charge in [-0.3, -0.25) is 4.79 Å². The second kappa shape index (κ2) is 9.80. The molecule has 0 bridgehead atoms. The Labute approximate surface area is 192 Å². The number of nitrogens with one attached hydrogen (secondary N) is 1. The maximum atomic E-state index is 13.7. The number of carbonyl (C=O) groups excluding carboxylic acids is 1. The van der Waals surface area contributed by atoms with Gasteiger partial charge >= 0.3 is 0 Å². The van der Waals surface area contributed by atoms with Crippen LogP contribution in [0.2, 0.25) is 5.02 Å². The van der Waals surface area contributed by atoms with E-state index in [2.05, 4.69) is 20.8 Å². The van der Waals surface area contributed by atoms with Crippen LogP contribution in [0.15, 0.2) is 78.0 Å². The first-order valence-electron chi connectivity index (χ1n) is 9.45. The lowest BCUT2D eigenvalue weighted by Gasteiger charge is -2.17. The minimum atomic E-state index is -0.685. The zero-order chi connectivity index (χ0) is 22.5. The number of amides is 1. The van der Waals surface area contributed by atoms with Crippen LogP contribution < -0.4 is 10.1 Å². The predicted octanol–water partition coefficient (Wildman–Crippen LogP) is 4.94. The Morgan fingerprint density at radius 1 is 1.12 bits per heavy atom. The number of thioether (sulfide) groups is 1. The van der Waals surface area contributed by atoms with E-state index in [1.807, 2.05) is 30.3 Å². The summed E-state index contributed by atoms with van der Waals surface area (Å²) in [6.07, 6.45) is 0. The van der Waals surface area contributed by atoms with Crippen LogP contribution in [-0.2, 0) is 4.79 Å². The third-order valence-corrected chi connectivity index (χ3v) is 5.96. The Morgan fingerprint density at radius 3 is 2.66 bits per heavy atom. The molecule has 0 saturated heterocycles. The van der Waals surface area contributed by atoms with E-state index in [-0.39, 0.29) is 5.91 Å². The molecule has 0 fully saturated rings. The van der Waals surface area contributed by atoms with Crippen molar-refractivity contribution in [2.24, 2.45) is 0 Å². The third-order valence-electron chi connectivity index (χ3n) is 4.48. The summed E-state index contributed by atoms with van der Waals surface area (Å²) >= 11 is 7.33. The number of halogens is 2. The third kappa shape index (κ3) is 4.90. The Morgan fingerprint density at radius 2 is 1.94 bits per heavy atom. The van der Waals surface area contributed by atoms with Gasteiger partial charge in [0.1, 0.15) is 16.8 Å². The molecular formula is C22H17ClFN5O2S. The van der Waals surface area contributed by atoms with Crippen molar-refractivity contribution in [2.45, 2.75) is 10.4 Å². The van der Waals surface area contributed by atoms with Crippen LogP contribution in [0.4, 0.5) is 10.1 Å². The minimum Gasteiger partial charge on any atom is -0.495 e. The van der Waals surface area contributed by atoms with E-state index < -0.39 is 11.1 Å². The summed E-state index contributed by atoms with van der Waals surface area (Å²) in [4.78, 5) is 13.3. The predicted molar refractivity (Wildman–Crippen MR) is 121 cm³/mol. The van der Waals surface area contributed by atoms with Gasteiger partial charge in [0.05, 0.1) is 17.8 Å². The number of tetrazole rings is 1. The molecule has 1 aromatic heterocycles. The van der Waals surface area contributed by atoms with Gasteiger partial charge in [-0.2, -0.15) is 4.68 Å². The van der Waals surface area contributed by atoms with Gasteiger partial charge in [-0.15, -0.1) is 5.10 Å². The van der Waals surface area contributed by atoms with Crippen LogP contribution in [0.5, 0.6) is 5.75 Å². The molecule has 0 saturated carbocycles. The van der Waals surface area contributed by atoms with Crippen molar-refractivity contribution in [1.82, 2.24) is 20.2 Å². The molecule has 4 aromatic rings. The zero-order valence-corrected chi connectivity index (χ0v) is 18.3. The molecule has 0 spiro atoms. The number of hydrogen-bond donors (Lipinski definition) is 1. The highest BCUT2D eigenvalue weighted by Gasteiger charge is 2.26. The van der Waals surface area contributed by atoms with E-state index in [1.54, 1.807) is 30.3 Å². The van der Waals surface area contributed by atoms with E-state index in [0.29, 0.717) is 27.3 Å². The van der Waals surface area contributed by atoms with Crippen molar-refractivity contribution < 1.29 is 13.9 Å². The summed E-state index contributed by atoms with van der Waals surface area (Å²) in [6, 6.07) is 20.1. The second-order valence-electron chi connectivity index (χ2n) is 6.60. The summed E-state index contributed by atoms with van der Waals surface area (Å²) in [5, 5.41) is 14.6. The van der Waals surface area contributed by atoms with Crippen LogP contribution in [0.3, 0.4) is 0 Å². The Bertz CT molecular complexity index is 1240. The first-order valence-corrected chi connectivity index (χ1v) is 10.7. The highest BCUT2D eigenvalue weighted by Crippen LogP contribution is 2.36. The molecule has 0 aliphatic carbocycles. The second-order valence-corrected chi connectivity index (χ2v) is 8.08. The van der Waals surface area contributed by atoms with E-state index in [0.717, 1.165) is 17.3 Å². The van der Waals surface area contributed by atoms with E-state index in [1.165, 1.54) is 23.9 Å². The van der Waals surface area contributed by atoms with Gasteiger partial charge in [-0.05, 0) is 52.4 Å². The monoisotopic (exact) mass is 469 g/mol. The number of aromatic nitrogens is 4. The van der Waals surface area contributed by atoms with Gasteiger partial charge in [0.15, 0.2) is 0 Å². The highest BCUT2D eigenvalue weighted by molar-refractivity contribution is 8.00. The molecule has 0 aliphatic heterocycles. The molecule has 162 valence electrons. The van der Waals surface area contributed by atoms with Gasteiger partial charge in [-0.25, -0.2) is 4.39 Å². The average Bonchev–Trinajstić information content (AvgIpc) is 3.26. The molecule has 32 heavy (non-hydrogen) atoms. The smallest absolute Gasteiger partial charge is 0.242 e. The summed E-state index contributed by atoms with van der Waals surface area (Å²) < 4.78 is 20.2. The number of anilines is 1. The quantitative estimate of drug-likeness (QED) is 0.386. The molecule has 1 N–H and O–H groups in total. The first kappa shape index (κ1) is 21.8. The van der Waals surface area contributed by atoms with E-state index in [4.69, 9.17) is 16.3 Å². The van der Waals surface area contributed by atoms with Crippen molar-refractivity contribution >= 4 is 35.0 Å². The van der Waals surface area contributed by atoms with Gasteiger partial charge in [0.25, 0.3) is 0 Å². The molecule has 1 atom stereocenters. The minimum absolute atomic E-state index is 0.295. The Hall–Kier alpha value is -3.43. The summed E-state index contributed by atoms with van der Waals surface area (Å²) in [7, 11) is 1.52. The average molecular weight is 470 g/mol. The molecule has 0 aliphatic rings. The molecule has 0 unspecified atom stereocenters. The fourth-order valence-corrected chi connectivity index (χ4v) is 4.23. The first-order chi connectivity index (χ1) is 15.5. The Kier molecular flexibility index (Phi) is 6.67. The normalized spacial score (nSPS) is 11.7. The van der Waals surface area contributed by atoms with Crippen molar-refractivity contribution in [3.05, 3.63) is 89.2 Å². The van der Waals surface area contributed by atoms with Crippen LogP contribution in [0.1, 0.15) is 10.8 Å². The van der Waals surface area contributed by atoms with Crippen molar-refractivity contribution in [2.75, 3.05) is 12.4 Å². The summed E-state index contributed by atoms with van der Waals surface area (Å²) in [6.45, 7) is 0. The zero-order valence-electron chi connectivity index (χ0n) is 16.8. The maximum Gasteiger partial charge on any atom is 0.242 e. The van der Waals surface area contributed by atoms with Crippen molar-refractivity contribution in [3.8, 4) is 11.4 Å². The van der Waals surface area contributed by atoms with E-state index in [9.17, 15) is 9.18 Å². The topological polar surface area (TPSA) is 81.9 Å². The number of carbonyl (C=O) groups is 1. The molecule has 7 nitrogen and oxygen atoms in total. The standard InChI is InChI=1S/C22H17ClFN5O2S/c1-31-19-11-10-16(13-18(19)23)25-21(30)20(14-6-3-2-4-7-14)32-22-26-27-28-29(22)17-9-5-8-15(24)12-17/h2-13,20H,1H3,(H,25,30)/t20-/m1/s1. The molecule has 3 aromatic carbocycles. The summed E-state index contributed by atoms with van der Waals surface area (Å²) in [5.74, 6) is -0.202. The maximum absolute atomic E-state index is 13.7. The number of rotatable bonds is 7. The fraction of sp³-hybridized carbons (Fsp3) is 0.0909. The summed E-state index contributed by atoms with van der Waals surface area (Å²) in [5.41, 5.74) is 1.72. The lowest BCUT2D eigenvalue weighted by Crippen LogP contribution is -2.19. The van der Waals surface area contributed by atoms with Crippen LogP contribution in [0, 0.1) is 5.82 Å². The fourth-order valence-electron chi connectivity index (χ4n) is 2.98. The molecule has 10 heteroatoms. The molecular weight excluding hydrogens is 453 g/mol. The van der Waals surface area contributed by atoms with Crippen molar-refractivity contribution in [3.63, 3.8) is 0 Å². The molecule has 4 rings (SSSR count). The lowest BCUT2D eigenvalue weighted by molar-refractivity contribution is -0.115. The SMILES string of the molecule is COc1ccc(NC(=O)[C@H](Sc2nnnn2-c2cccc(F)c2)c2ccccc2)cc1Cl. The van der Waals surface area contributed by atoms with E-state index >= 15 is 0 Å². The van der Waals surface area contributed by atoms with Crippen molar-refractivity contribution in [1.29, 1.82) is 0 Å². The van der Waals surface area contributed by atoms with Gasteiger partial charge in [0, 0.05) is 5.69 Å². The number of ether oxygens (including phenoxy) is 1. The number of hydrogen-bond acceptors (Lipinski definition) is 6. The van der Waals surface area contributed by atoms with Crippen LogP contribution >= 0.6 is 23.4 Å². The van der Waals surface area contributed by atoms with Crippen LogP contribution in [-0.4, -0.2) is 33.2 Å². The van der Waals surface area contributed by atoms with Gasteiger partial charge in [-0.1, -0.05) is 59.8 Å². The number of nitrogens with zero attached hydrogens (tertiary/aromatic N) is 4. The van der Waals surface area contributed by atoms with Gasteiger partial charge < -0.3 is 10.1 Å². The van der Waals surface area contributed by atoms with Gasteiger partial charge in [0.2, 0.25) is 11.1 Å².